The molecule has 0 amide bonds. The van der Waals surface area contributed by atoms with Gasteiger partial charge in [-0.15, -0.1) is 0 Å². The third-order valence-electron chi connectivity index (χ3n) is 9.22. The molecule has 0 aliphatic rings. The van der Waals surface area contributed by atoms with Gasteiger partial charge in [0.2, 0.25) is 0 Å². The number of hydrogen-bond acceptors (Lipinski definition) is 8. The van der Waals surface area contributed by atoms with Crippen LogP contribution in [0.4, 0.5) is 0 Å². The van der Waals surface area contributed by atoms with Gasteiger partial charge >= 0.3 is 19.8 Å². The number of rotatable bonds is 41. The van der Waals surface area contributed by atoms with E-state index in [1.165, 1.54) is 109 Å². The summed E-state index contributed by atoms with van der Waals surface area (Å²) in [4.78, 5) is 34.9. The Morgan fingerprint density at radius 1 is 0.545 bits per heavy atom. The van der Waals surface area contributed by atoms with Crippen LogP contribution in [0.15, 0.2) is 48.6 Å². The van der Waals surface area contributed by atoms with Crippen LogP contribution in [-0.4, -0.2) is 49.3 Å². The van der Waals surface area contributed by atoms with E-state index in [9.17, 15) is 19.0 Å². The van der Waals surface area contributed by atoms with E-state index in [1.54, 1.807) is 0 Å². The molecule has 2 unspecified atom stereocenters. The highest BCUT2D eigenvalue weighted by Crippen LogP contribution is 2.43. The van der Waals surface area contributed by atoms with Gasteiger partial charge in [-0.05, 0) is 51.4 Å². The predicted molar refractivity (Wildman–Crippen MR) is 229 cm³/mol. The minimum Gasteiger partial charge on any atom is -0.462 e. The van der Waals surface area contributed by atoms with Crippen molar-refractivity contribution in [1.82, 2.24) is 0 Å². The van der Waals surface area contributed by atoms with Gasteiger partial charge in [0.15, 0.2) is 6.10 Å². The van der Waals surface area contributed by atoms with E-state index in [1.807, 2.05) is 0 Å². The molecule has 9 nitrogen and oxygen atoms in total. The lowest BCUT2D eigenvalue weighted by Crippen LogP contribution is -2.29. The Bertz CT molecular complexity index is 1040. The first-order valence-corrected chi connectivity index (χ1v) is 23.6. The lowest BCUT2D eigenvalue weighted by molar-refractivity contribution is -0.161. The van der Waals surface area contributed by atoms with Crippen LogP contribution < -0.4 is 5.73 Å². The van der Waals surface area contributed by atoms with Crippen LogP contribution in [0, 0.1) is 0 Å². The minimum absolute atomic E-state index is 0.0460. The summed E-state index contributed by atoms with van der Waals surface area (Å²) in [6.45, 7) is 3.65. The van der Waals surface area contributed by atoms with Crippen molar-refractivity contribution in [2.75, 3.05) is 26.4 Å². The maximum Gasteiger partial charge on any atom is 0.472 e. The highest BCUT2D eigenvalue weighted by molar-refractivity contribution is 7.47. The average Bonchev–Trinajstić information content (AvgIpc) is 3.17. The topological polar surface area (TPSA) is 134 Å². The van der Waals surface area contributed by atoms with Gasteiger partial charge in [-0.2, -0.15) is 0 Å². The summed E-state index contributed by atoms with van der Waals surface area (Å²) in [5.41, 5.74) is 5.34. The molecule has 0 bridgehead atoms. The monoisotopic (exact) mass is 796 g/mol. The number of phosphoric ester groups is 1. The smallest absolute Gasteiger partial charge is 0.462 e. The quantitative estimate of drug-likeness (QED) is 0.0268. The van der Waals surface area contributed by atoms with E-state index in [0.29, 0.717) is 12.8 Å². The maximum absolute atomic E-state index is 12.6. The summed E-state index contributed by atoms with van der Waals surface area (Å²) < 4.78 is 32.7. The number of esters is 2. The zero-order chi connectivity index (χ0) is 40.3. The summed E-state index contributed by atoms with van der Waals surface area (Å²) in [5.74, 6) is -0.890. The molecule has 0 fully saturated rings. The Kier molecular flexibility index (Phi) is 40.1. The van der Waals surface area contributed by atoms with E-state index in [0.717, 1.165) is 44.9 Å². The molecule has 0 aromatic carbocycles. The van der Waals surface area contributed by atoms with Crippen LogP contribution >= 0.6 is 7.82 Å². The second kappa shape index (κ2) is 41.6. The van der Waals surface area contributed by atoms with E-state index in [2.05, 4.69) is 62.5 Å². The van der Waals surface area contributed by atoms with Gasteiger partial charge in [0.1, 0.15) is 6.61 Å². The highest BCUT2D eigenvalue weighted by Gasteiger charge is 2.26. The fourth-order valence-electron chi connectivity index (χ4n) is 5.92. The van der Waals surface area contributed by atoms with Gasteiger partial charge in [-0.3, -0.25) is 18.6 Å². The average molecular weight is 796 g/mol. The molecule has 0 aliphatic heterocycles. The second-order valence-corrected chi connectivity index (χ2v) is 16.0. The molecule has 3 N–H and O–H groups in total. The predicted octanol–water partition coefficient (Wildman–Crippen LogP) is 12.7. The summed E-state index contributed by atoms with van der Waals surface area (Å²) in [6, 6.07) is 0. The molecule has 55 heavy (non-hydrogen) atoms. The standard InChI is InChI=1S/C45H82NO8P/c1-3-5-7-9-11-13-15-17-19-21-23-25-27-29-31-33-35-37-44(47)51-41-43(42-53-55(49,50)52-40-39-46)54-45(48)38-36-34-32-30-28-26-24-22-20-18-16-14-12-10-8-6-4-2/h11,13,17,19,23,25,29,31,43H,3-10,12,14-16,18,20-22,24,26-28,30,32-42,46H2,1-2H3,(H,49,50). The second-order valence-electron chi connectivity index (χ2n) is 14.6. The molecule has 0 rings (SSSR count). The largest absolute Gasteiger partial charge is 0.472 e. The van der Waals surface area contributed by atoms with E-state index in [-0.39, 0.29) is 32.6 Å². The van der Waals surface area contributed by atoms with Gasteiger partial charge in [0, 0.05) is 19.4 Å². The zero-order valence-corrected chi connectivity index (χ0v) is 36.0. The molecule has 0 saturated carbocycles. The summed E-state index contributed by atoms with van der Waals surface area (Å²) >= 11 is 0. The Morgan fingerprint density at radius 3 is 1.45 bits per heavy atom. The summed E-state index contributed by atoms with van der Waals surface area (Å²) in [5, 5.41) is 0. The summed E-state index contributed by atoms with van der Waals surface area (Å²) in [6.07, 6.45) is 47.2. The van der Waals surface area contributed by atoms with E-state index >= 15 is 0 Å². The van der Waals surface area contributed by atoms with Crippen molar-refractivity contribution in [1.29, 1.82) is 0 Å². The number of nitrogens with two attached hydrogens (primary N) is 1. The lowest BCUT2D eigenvalue weighted by Gasteiger charge is -2.19. The van der Waals surface area contributed by atoms with Gasteiger partial charge in [-0.1, -0.05) is 178 Å². The first kappa shape index (κ1) is 53.0. The first-order valence-electron chi connectivity index (χ1n) is 22.1. The number of unbranched alkanes of at least 4 members (excludes halogenated alkanes) is 20. The molecule has 0 saturated heterocycles. The molecule has 10 heteroatoms. The number of ether oxygens (including phenoxy) is 2. The highest BCUT2D eigenvalue weighted by atomic mass is 31.2. The van der Waals surface area contributed by atoms with E-state index < -0.39 is 32.5 Å². The van der Waals surface area contributed by atoms with Crippen LogP contribution in [-0.2, 0) is 32.7 Å². The van der Waals surface area contributed by atoms with Crippen LogP contribution in [0.2, 0.25) is 0 Å². The number of hydrogen-bond donors (Lipinski definition) is 2. The fraction of sp³-hybridized carbons (Fsp3) is 0.778. The molecule has 0 radical (unpaired) electrons. The van der Waals surface area contributed by atoms with Crippen LogP contribution in [0.3, 0.4) is 0 Å². The number of allylic oxidation sites excluding steroid dienone is 8. The third-order valence-corrected chi connectivity index (χ3v) is 10.2. The fourth-order valence-corrected chi connectivity index (χ4v) is 6.69. The maximum atomic E-state index is 12.6. The van der Waals surface area contributed by atoms with Crippen LogP contribution in [0.25, 0.3) is 0 Å². The molecule has 320 valence electrons. The number of carbonyl (C=O) groups excluding carboxylic acids is 2. The molecular weight excluding hydrogens is 713 g/mol. The Hall–Kier alpha value is -2.03. The van der Waals surface area contributed by atoms with Gasteiger partial charge < -0.3 is 20.1 Å². The molecular formula is C45H82NO8P. The SMILES string of the molecule is CCCCCC=CCC=CCC=CCC=CCCCC(=O)OCC(COP(=O)(O)OCCN)OC(=O)CCCCCCCCCCCCCCCCCCC. The van der Waals surface area contributed by atoms with Gasteiger partial charge in [-0.25, -0.2) is 4.57 Å². The molecule has 0 spiro atoms. The molecule has 2 atom stereocenters. The normalized spacial score (nSPS) is 13.7. The van der Waals surface area contributed by atoms with Crippen molar-refractivity contribution in [3.8, 4) is 0 Å². The van der Waals surface area contributed by atoms with Crippen molar-refractivity contribution in [3.05, 3.63) is 48.6 Å². The number of carbonyl (C=O) groups is 2. The molecule has 0 heterocycles. The van der Waals surface area contributed by atoms with E-state index in [4.69, 9.17) is 24.3 Å². The van der Waals surface area contributed by atoms with Gasteiger partial charge in [0.05, 0.1) is 13.2 Å². The zero-order valence-electron chi connectivity index (χ0n) is 35.2. The van der Waals surface area contributed by atoms with Crippen molar-refractivity contribution < 1.29 is 37.6 Å². The number of phosphoric acid groups is 1. The Labute approximate surface area is 336 Å². The van der Waals surface area contributed by atoms with Crippen molar-refractivity contribution in [2.24, 2.45) is 5.73 Å². The van der Waals surface area contributed by atoms with Crippen LogP contribution in [0.1, 0.15) is 194 Å². The molecule has 0 aliphatic carbocycles. The minimum atomic E-state index is -4.39. The lowest BCUT2D eigenvalue weighted by atomic mass is 10.0. The Morgan fingerprint density at radius 2 is 0.964 bits per heavy atom. The molecule has 0 aromatic rings. The Balaban J connectivity index is 4.22. The van der Waals surface area contributed by atoms with Gasteiger partial charge in [0.25, 0.3) is 0 Å². The third kappa shape index (κ3) is 41.4. The van der Waals surface area contributed by atoms with Crippen molar-refractivity contribution in [3.63, 3.8) is 0 Å². The van der Waals surface area contributed by atoms with Crippen molar-refractivity contribution >= 4 is 19.8 Å². The molecule has 0 aromatic heterocycles. The van der Waals surface area contributed by atoms with Crippen molar-refractivity contribution in [2.45, 2.75) is 200 Å². The summed E-state index contributed by atoms with van der Waals surface area (Å²) in [7, 11) is -4.39. The first-order chi connectivity index (χ1) is 26.8. The van der Waals surface area contributed by atoms with Crippen LogP contribution in [0.5, 0.6) is 0 Å².